The maximum Gasteiger partial charge on any atom is 0.140 e. The largest absolute Gasteiger partial charge is 0.455 e. The van der Waals surface area contributed by atoms with E-state index < -0.39 is 0 Å². The van der Waals surface area contributed by atoms with Crippen molar-refractivity contribution in [3.05, 3.63) is 180 Å². The van der Waals surface area contributed by atoms with Gasteiger partial charge in [-0.15, -0.1) is 0 Å². The third-order valence-corrected chi connectivity index (χ3v) is 9.97. The van der Waals surface area contributed by atoms with Crippen LogP contribution in [0.2, 0.25) is 0 Å². The zero-order chi connectivity index (χ0) is 30.2. The van der Waals surface area contributed by atoms with Crippen molar-refractivity contribution in [2.24, 2.45) is 0 Å². The van der Waals surface area contributed by atoms with E-state index in [4.69, 9.17) is 4.74 Å². The number of benzene rings is 9. The Morgan fingerprint density at radius 2 is 0.739 bits per heavy atom. The van der Waals surface area contributed by atoms with Gasteiger partial charge < -0.3 is 4.74 Å². The molecule has 9 aromatic carbocycles. The Labute approximate surface area is 266 Å². The summed E-state index contributed by atoms with van der Waals surface area (Å²) in [6.07, 6.45) is 0. The number of hydrogen-bond donors (Lipinski definition) is 0. The summed E-state index contributed by atoms with van der Waals surface area (Å²) in [5.74, 6) is 1.90. The minimum Gasteiger partial charge on any atom is -0.455 e. The molecule has 0 saturated heterocycles. The number of hydrogen-bond acceptors (Lipinski definition) is 1. The van der Waals surface area contributed by atoms with Crippen molar-refractivity contribution >= 4 is 53.9 Å². The van der Waals surface area contributed by atoms with E-state index >= 15 is 0 Å². The average Bonchev–Trinajstić information content (AvgIpc) is 3.14. The molecule has 0 saturated carbocycles. The topological polar surface area (TPSA) is 9.23 Å². The summed E-state index contributed by atoms with van der Waals surface area (Å²) in [4.78, 5) is 0. The first kappa shape index (κ1) is 25.4. The lowest BCUT2D eigenvalue weighted by atomic mass is 9.76. The van der Waals surface area contributed by atoms with Gasteiger partial charge in [0, 0.05) is 27.8 Å². The standard InChI is InChI=1S/C45H28O/c1-2-14-31-28(12-1)13-11-23-32(31)29-24-26-30(27-25-29)41-42-37-19-7-3-15-33(37)35-17-5-9-21-39(35)44(42)46-45-40-22-10-6-18-36(40)34-16-4-8-20-38(34)43(41)45/h1-27,41H. The minimum absolute atomic E-state index is 0.0238. The predicted molar refractivity (Wildman–Crippen MR) is 193 cm³/mol. The van der Waals surface area contributed by atoms with E-state index in [0.717, 1.165) is 22.3 Å². The van der Waals surface area contributed by atoms with E-state index in [1.165, 1.54) is 70.9 Å². The van der Waals surface area contributed by atoms with Crippen LogP contribution in [0.15, 0.2) is 164 Å². The third-order valence-electron chi connectivity index (χ3n) is 9.97. The molecule has 0 spiro atoms. The number of ether oxygens (including phenoxy) is 1. The lowest BCUT2D eigenvalue weighted by Gasteiger charge is -2.33. The fraction of sp³-hybridized carbons (Fsp3) is 0.0222. The van der Waals surface area contributed by atoms with Crippen LogP contribution in [-0.2, 0) is 0 Å². The third kappa shape index (κ3) is 3.57. The molecule has 0 unspecified atom stereocenters. The Morgan fingerprint density at radius 3 is 1.28 bits per heavy atom. The Balaban J connectivity index is 1.31. The van der Waals surface area contributed by atoms with Crippen molar-refractivity contribution in [3.8, 4) is 22.6 Å². The molecule has 0 radical (unpaired) electrons. The van der Waals surface area contributed by atoms with Gasteiger partial charge in [0.15, 0.2) is 0 Å². The molecule has 0 N–H and O–H groups in total. The molecule has 0 bridgehead atoms. The molecule has 1 heteroatoms. The monoisotopic (exact) mass is 584 g/mol. The normalized spacial score (nSPS) is 12.9. The number of fused-ring (bicyclic) bond motifs is 13. The highest BCUT2D eigenvalue weighted by atomic mass is 16.5. The minimum atomic E-state index is -0.0238. The fourth-order valence-electron chi connectivity index (χ4n) is 7.98. The molecule has 0 amide bonds. The Bertz CT molecular complexity index is 2530. The van der Waals surface area contributed by atoms with Crippen LogP contribution in [0.3, 0.4) is 0 Å². The van der Waals surface area contributed by atoms with Crippen LogP contribution >= 0.6 is 0 Å². The quantitative estimate of drug-likeness (QED) is 0.184. The van der Waals surface area contributed by atoms with Crippen LogP contribution in [0.5, 0.6) is 11.5 Å². The van der Waals surface area contributed by atoms with Gasteiger partial charge in [0.1, 0.15) is 11.5 Å². The van der Waals surface area contributed by atoms with Crippen LogP contribution in [0.25, 0.3) is 65.0 Å². The second-order valence-electron chi connectivity index (χ2n) is 12.4. The van der Waals surface area contributed by atoms with E-state index in [0.29, 0.717) is 0 Å². The SMILES string of the molecule is c1ccc2c(-c3ccc(C4c5c(c6ccccc6c6ccccc56)Oc5c4c4ccccc4c4ccccc54)cc3)cccc2c1. The summed E-state index contributed by atoms with van der Waals surface area (Å²) in [7, 11) is 0. The van der Waals surface area contributed by atoms with Gasteiger partial charge in [0.25, 0.3) is 0 Å². The van der Waals surface area contributed by atoms with Crippen LogP contribution in [0.1, 0.15) is 22.6 Å². The second-order valence-corrected chi connectivity index (χ2v) is 12.4. The fourth-order valence-corrected chi connectivity index (χ4v) is 7.98. The van der Waals surface area contributed by atoms with E-state index in [1.807, 2.05) is 0 Å². The maximum atomic E-state index is 7.21. The molecular weight excluding hydrogens is 556 g/mol. The molecule has 1 heterocycles. The van der Waals surface area contributed by atoms with Gasteiger partial charge in [0.05, 0.1) is 0 Å². The zero-order valence-corrected chi connectivity index (χ0v) is 25.1. The van der Waals surface area contributed by atoms with E-state index in [-0.39, 0.29) is 5.92 Å². The molecule has 1 nitrogen and oxygen atoms in total. The highest BCUT2D eigenvalue weighted by Crippen LogP contribution is 2.57. The van der Waals surface area contributed by atoms with Crippen molar-refractivity contribution in [2.75, 3.05) is 0 Å². The molecule has 0 atom stereocenters. The van der Waals surface area contributed by atoms with Crippen molar-refractivity contribution in [3.63, 3.8) is 0 Å². The average molecular weight is 585 g/mol. The first-order chi connectivity index (χ1) is 22.8. The second kappa shape index (κ2) is 9.79. The summed E-state index contributed by atoms with van der Waals surface area (Å²) in [5.41, 5.74) is 6.21. The van der Waals surface area contributed by atoms with Crippen molar-refractivity contribution in [1.82, 2.24) is 0 Å². The van der Waals surface area contributed by atoms with Gasteiger partial charge in [-0.05, 0) is 59.8 Å². The summed E-state index contributed by atoms with van der Waals surface area (Å²) in [6.45, 7) is 0. The smallest absolute Gasteiger partial charge is 0.140 e. The molecule has 214 valence electrons. The summed E-state index contributed by atoms with van der Waals surface area (Å²) in [6, 6.07) is 59.6. The van der Waals surface area contributed by atoms with Crippen LogP contribution in [-0.4, -0.2) is 0 Å². The predicted octanol–water partition coefficient (Wildman–Crippen LogP) is 12.4. The molecule has 0 aromatic heterocycles. The van der Waals surface area contributed by atoms with Crippen LogP contribution in [0, 0.1) is 0 Å². The van der Waals surface area contributed by atoms with Gasteiger partial charge in [-0.3, -0.25) is 0 Å². The van der Waals surface area contributed by atoms with E-state index in [9.17, 15) is 0 Å². The Kier molecular flexibility index (Phi) is 5.41. The first-order valence-electron chi connectivity index (χ1n) is 16.0. The number of rotatable bonds is 2. The van der Waals surface area contributed by atoms with Gasteiger partial charge in [0.2, 0.25) is 0 Å². The van der Waals surface area contributed by atoms with Crippen LogP contribution < -0.4 is 4.74 Å². The molecular formula is C45H28O. The molecule has 0 aliphatic carbocycles. The Hall–Kier alpha value is -5.92. The zero-order valence-electron chi connectivity index (χ0n) is 25.1. The highest BCUT2D eigenvalue weighted by Gasteiger charge is 2.35. The highest BCUT2D eigenvalue weighted by molar-refractivity contribution is 6.17. The van der Waals surface area contributed by atoms with Gasteiger partial charge in [-0.2, -0.15) is 0 Å². The summed E-state index contributed by atoms with van der Waals surface area (Å²) < 4.78 is 7.21. The van der Waals surface area contributed by atoms with Crippen LogP contribution in [0.4, 0.5) is 0 Å². The maximum absolute atomic E-state index is 7.21. The van der Waals surface area contributed by atoms with Crippen molar-refractivity contribution < 1.29 is 4.74 Å². The van der Waals surface area contributed by atoms with Crippen molar-refractivity contribution in [1.29, 1.82) is 0 Å². The summed E-state index contributed by atoms with van der Waals surface area (Å²) in [5, 5.41) is 12.3. The molecule has 10 rings (SSSR count). The van der Waals surface area contributed by atoms with E-state index in [2.05, 4.69) is 164 Å². The molecule has 1 aliphatic rings. The Morgan fingerprint density at radius 1 is 0.326 bits per heavy atom. The van der Waals surface area contributed by atoms with Gasteiger partial charge in [-0.25, -0.2) is 0 Å². The van der Waals surface area contributed by atoms with Gasteiger partial charge >= 0.3 is 0 Å². The van der Waals surface area contributed by atoms with Crippen molar-refractivity contribution in [2.45, 2.75) is 5.92 Å². The molecule has 9 aromatic rings. The molecule has 0 fully saturated rings. The van der Waals surface area contributed by atoms with E-state index in [1.54, 1.807) is 0 Å². The molecule has 46 heavy (non-hydrogen) atoms. The lowest BCUT2D eigenvalue weighted by Crippen LogP contribution is -2.14. The van der Waals surface area contributed by atoms with Gasteiger partial charge in [-0.1, -0.05) is 164 Å². The first-order valence-corrected chi connectivity index (χ1v) is 16.0. The lowest BCUT2D eigenvalue weighted by molar-refractivity contribution is 0.467. The summed E-state index contributed by atoms with van der Waals surface area (Å²) >= 11 is 0. The molecule has 1 aliphatic heterocycles.